The summed E-state index contributed by atoms with van der Waals surface area (Å²) in [5.74, 6) is 0.701. The van der Waals surface area contributed by atoms with Crippen molar-refractivity contribution in [2.45, 2.75) is 4.90 Å². The Labute approximate surface area is 104 Å². The van der Waals surface area contributed by atoms with Gasteiger partial charge in [-0.1, -0.05) is 11.6 Å². The predicted octanol–water partition coefficient (Wildman–Crippen LogP) is 1.73. The zero-order chi connectivity index (χ0) is 11.5. The minimum absolute atomic E-state index is 0.237. The van der Waals surface area contributed by atoms with Crippen molar-refractivity contribution >= 4 is 30.0 Å². The van der Waals surface area contributed by atoms with Crippen LogP contribution in [0.15, 0.2) is 11.0 Å². The molecule has 0 aromatic carbocycles. The van der Waals surface area contributed by atoms with Crippen LogP contribution in [0.1, 0.15) is 5.69 Å². The highest BCUT2D eigenvalue weighted by atomic mass is 35.5. The topological polar surface area (TPSA) is 49.2 Å². The Bertz CT molecular complexity index is 440. The normalized spacial score (nSPS) is 15.9. The van der Waals surface area contributed by atoms with Gasteiger partial charge < -0.3 is 9.64 Å². The number of anilines is 1. The van der Waals surface area contributed by atoms with E-state index in [1.54, 1.807) is 6.07 Å². The van der Waals surface area contributed by atoms with E-state index >= 15 is 0 Å². The van der Waals surface area contributed by atoms with Gasteiger partial charge in [-0.2, -0.15) is 5.26 Å². The lowest BCUT2D eigenvalue weighted by molar-refractivity contribution is 0.122. The van der Waals surface area contributed by atoms with Crippen molar-refractivity contribution in [3.63, 3.8) is 0 Å². The maximum absolute atomic E-state index is 8.87. The first-order valence-electron chi connectivity index (χ1n) is 4.84. The SMILES string of the molecule is N#Cc1nc(N2CCOCC2)c(S)cc1Cl. The van der Waals surface area contributed by atoms with Crippen LogP contribution in [0.25, 0.3) is 0 Å². The molecule has 0 amide bonds. The number of pyridine rings is 1. The third-order valence-electron chi connectivity index (χ3n) is 2.35. The van der Waals surface area contributed by atoms with Crippen LogP contribution in [-0.4, -0.2) is 31.3 Å². The summed E-state index contributed by atoms with van der Waals surface area (Å²) in [7, 11) is 0. The zero-order valence-corrected chi connectivity index (χ0v) is 10.1. The molecule has 1 fully saturated rings. The van der Waals surface area contributed by atoms with E-state index in [0.717, 1.165) is 13.1 Å². The van der Waals surface area contributed by atoms with Gasteiger partial charge in [0, 0.05) is 18.0 Å². The molecule has 16 heavy (non-hydrogen) atoms. The number of halogens is 1. The first-order chi connectivity index (χ1) is 7.72. The van der Waals surface area contributed by atoms with Gasteiger partial charge >= 0.3 is 0 Å². The number of morpholine rings is 1. The van der Waals surface area contributed by atoms with Crippen molar-refractivity contribution in [2.24, 2.45) is 0 Å². The van der Waals surface area contributed by atoms with Gasteiger partial charge in [-0.25, -0.2) is 4.98 Å². The van der Waals surface area contributed by atoms with Gasteiger partial charge in [0.2, 0.25) is 0 Å². The van der Waals surface area contributed by atoms with E-state index in [2.05, 4.69) is 17.6 Å². The molecular weight excluding hydrogens is 246 g/mol. The molecule has 0 N–H and O–H groups in total. The number of nitriles is 1. The van der Waals surface area contributed by atoms with Crippen molar-refractivity contribution in [3.05, 3.63) is 16.8 Å². The van der Waals surface area contributed by atoms with Crippen LogP contribution in [0.2, 0.25) is 5.02 Å². The fraction of sp³-hybridized carbons (Fsp3) is 0.400. The Hall–Kier alpha value is -0.960. The van der Waals surface area contributed by atoms with E-state index in [-0.39, 0.29) is 5.69 Å². The highest BCUT2D eigenvalue weighted by Gasteiger charge is 2.17. The minimum atomic E-state index is 0.237. The van der Waals surface area contributed by atoms with Crippen LogP contribution < -0.4 is 4.90 Å². The summed E-state index contributed by atoms with van der Waals surface area (Å²) in [5, 5.41) is 9.20. The summed E-state index contributed by atoms with van der Waals surface area (Å²) < 4.78 is 5.26. The molecule has 84 valence electrons. The Kier molecular flexibility index (Phi) is 3.54. The summed E-state index contributed by atoms with van der Waals surface area (Å²) in [6.45, 7) is 2.85. The van der Waals surface area contributed by atoms with E-state index in [0.29, 0.717) is 28.9 Å². The lowest BCUT2D eigenvalue weighted by Crippen LogP contribution is -2.37. The number of rotatable bonds is 1. The van der Waals surface area contributed by atoms with E-state index in [9.17, 15) is 0 Å². The van der Waals surface area contributed by atoms with Crippen molar-refractivity contribution in [1.82, 2.24) is 4.98 Å². The second-order valence-electron chi connectivity index (χ2n) is 3.37. The van der Waals surface area contributed by atoms with Crippen molar-refractivity contribution in [2.75, 3.05) is 31.2 Å². The summed E-state index contributed by atoms with van der Waals surface area (Å²) in [4.78, 5) is 6.95. The molecule has 0 unspecified atom stereocenters. The van der Waals surface area contributed by atoms with Crippen molar-refractivity contribution in [3.8, 4) is 6.07 Å². The summed E-state index contributed by atoms with van der Waals surface area (Å²) >= 11 is 10.2. The van der Waals surface area contributed by atoms with Crippen LogP contribution in [-0.2, 0) is 4.74 Å². The lowest BCUT2D eigenvalue weighted by Gasteiger charge is -2.28. The fourth-order valence-electron chi connectivity index (χ4n) is 1.56. The molecule has 0 aliphatic carbocycles. The number of hydrogen-bond donors (Lipinski definition) is 1. The van der Waals surface area contributed by atoms with Gasteiger partial charge in [0.15, 0.2) is 5.69 Å². The van der Waals surface area contributed by atoms with Crippen LogP contribution in [0, 0.1) is 11.3 Å². The molecule has 1 aromatic heterocycles. The molecule has 0 radical (unpaired) electrons. The highest BCUT2D eigenvalue weighted by molar-refractivity contribution is 7.80. The standard InChI is InChI=1S/C10H10ClN3OS/c11-7-5-9(16)10(13-8(7)6-12)14-1-3-15-4-2-14/h5,16H,1-4H2. The molecule has 0 spiro atoms. The molecule has 1 aromatic rings. The second kappa shape index (κ2) is 4.91. The maximum Gasteiger partial charge on any atom is 0.161 e. The Morgan fingerprint density at radius 3 is 2.81 bits per heavy atom. The first-order valence-corrected chi connectivity index (χ1v) is 5.67. The molecule has 4 nitrogen and oxygen atoms in total. The van der Waals surface area contributed by atoms with Crippen molar-refractivity contribution in [1.29, 1.82) is 5.26 Å². The average Bonchev–Trinajstić information content (AvgIpc) is 2.30. The van der Waals surface area contributed by atoms with Gasteiger partial charge in [-0.15, -0.1) is 12.6 Å². The second-order valence-corrected chi connectivity index (χ2v) is 4.26. The third-order valence-corrected chi connectivity index (χ3v) is 2.97. The average molecular weight is 256 g/mol. The Morgan fingerprint density at radius 2 is 2.19 bits per heavy atom. The number of hydrogen-bond acceptors (Lipinski definition) is 5. The van der Waals surface area contributed by atoms with E-state index in [4.69, 9.17) is 21.6 Å². The molecule has 2 heterocycles. The molecule has 0 saturated carbocycles. The molecule has 1 aliphatic heterocycles. The van der Waals surface area contributed by atoms with E-state index in [1.807, 2.05) is 11.0 Å². The largest absolute Gasteiger partial charge is 0.378 e. The minimum Gasteiger partial charge on any atom is -0.378 e. The smallest absolute Gasteiger partial charge is 0.161 e. The van der Waals surface area contributed by atoms with Gasteiger partial charge in [-0.05, 0) is 6.07 Å². The number of aromatic nitrogens is 1. The lowest BCUT2D eigenvalue weighted by atomic mass is 10.3. The molecule has 2 rings (SSSR count). The summed E-state index contributed by atoms with van der Waals surface area (Å²) in [6.07, 6.45) is 0. The first kappa shape index (κ1) is 11.5. The number of nitrogens with zero attached hydrogens (tertiary/aromatic N) is 3. The molecule has 1 aliphatic rings. The monoisotopic (exact) mass is 255 g/mol. The number of ether oxygens (including phenoxy) is 1. The van der Waals surface area contributed by atoms with Crippen LogP contribution >= 0.6 is 24.2 Å². The zero-order valence-electron chi connectivity index (χ0n) is 8.48. The molecule has 0 atom stereocenters. The third kappa shape index (κ3) is 2.24. The van der Waals surface area contributed by atoms with E-state index < -0.39 is 0 Å². The fourth-order valence-corrected chi connectivity index (χ4v) is 2.15. The van der Waals surface area contributed by atoms with Gasteiger partial charge in [0.05, 0.1) is 18.2 Å². The molecular formula is C10H10ClN3OS. The Balaban J connectivity index is 2.36. The summed E-state index contributed by atoms with van der Waals surface area (Å²) in [5.41, 5.74) is 0.237. The van der Waals surface area contributed by atoms with Gasteiger partial charge in [0.1, 0.15) is 11.9 Å². The van der Waals surface area contributed by atoms with Crippen LogP contribution in [0.3, 0.4) is 0 Å². The van der Waals surface area contributed by atoms with Crippen molar-refractivity contribution < 1.29 is 4.74 Å². The molecule has 1 saturated heterocycles. The molecule has 6 heteroatoms. The van der Waals surface area contributed by atoms with Crippen LogP contribution in [0.5, 0.6) is 0 Å². The van der Waals surface area contributed by atoms with Gasteiger partial charge in [0.25, 0.3) is 0 Å². The van der Waals surface area contributed by atoms with E-state index in [1.165, 1.54) is 0 Å². The maximum atomic E-state index is 8.87. The summed E-state index contributed by atoms with van der Waals surface area (Å²) in [6, 6.07) is 3.62. The quantitative estimate of drug-likeness (QED) is 0.777. The van der Waals surface area contributed by atoms with Gasteiger partial charge in [-0.3, -0.25) is 0 Å². The number of thiol groups is 1. The highest BCUT2D eigenvalue weighted by Crippen LogP contribution is 2.27. The molecule has 0 bridgehead atoms. The van der Waals surface area contributed by atoms with Crippen LogP contribution in [0.4, 0.5) is 5.82 Å². The Morgan fingerprint density at radius 1 is 1.50 bits per heavy atom. The predicted molar refractivity (Wildman–Crippen MR) is 64.2 cm³/mol.